The zero-order valence-corrected chi connectivity index (χ0v) is 15.3. The van der Waals surface area contributed by atoms with E-state index in [1.807, 2.05) is 28.9 Å². The van der Waals surface area contributed by atoms with Gasteiger partial charge in [0.25, 0.3) is 5.91 Å². The number of esters is 1. The van der Waals surface area contributed by atoms with E-state index in [4.69, 9.17) is 21.4 Å². The standard InChI is InChI=1S/C19H20ClN3O3/c1-2-26-18(24)11-22-10-17(13-3-4-13)23-16(19(22)25)9-15(21-23)12-5-7-14(20)8-6-12/h5-9,13,17H,2-4,10-11H2,1H3. The van der Waals surface area contributed by atoms with Crippen LogP contribution in [0.2, 0.25) is 5.02 Å². The molecule has 2 heterocycles. The van der Waals surface area contributed by atoms with Gasteiger partial charge in [-0.3, -0.25) is 14.3 Å². The third kappa shape index (κ3) is 3.21. The molecule has 0 bridgehead atoms. The van der Waals surface area contributed by atoms with Crippen LogP contribution in [0.15, 0.2) is 30.3 Å². The highest BCUT2D eigenvalue weighted by atomic mass is 35.5. The van der Waals surface area contributed by atoms with E-state index < -0.39 is 0 Å². The van der Waals surface area contributed by atoms with Crippen molar-refractivity contribution in [3.05, 3.63) is 41.0 Å². The molecule has 1 amide bonds. The molecule has 1 aromatic carbocycles. The number of amides is 1. The van der Waals surface area contributed by atoms with Gasteiger partial charge in [0.1, 0.15) is 12.2 Å². The van der Waals surface area contributed by atoms with E-state index >= 15 is 0 Å². The Morgan fingerprint density at radius 3 is 2.69 bits per heavy atom. The summed E-state index contributed by atoms with van der Waals surface area (Å²) < 4.78 is 6.86. The molecule has 0 radical (unpaired) electrons. The molecule has 0 spiro atoms. The predicted octanol–water partition coefficient (Wildman–Crippen LogP) is 3.17. The Labute approximate surface area is 156 Å². The lowest BCUT2D eigenvalue weighted by molar-refractivity contribution is -0.144. The normalized spacial score (nSPS) is 19.4. The minimum absolute atomic E-state index is 0.0165. The van der Waals surface area contributed by atoms with Gasteiger partial charge in [0, 0.05) is 17.1 Å². The van der Waals surface area contributed by atoms with Crippen LogP contribution in [-0.4, -0.2) is 46.3 Å². The molecule has 1 fully saturated rings. The Kier molecular flexibility index (Phi) is 4.44. The van der Waals surface area contributed by atoms with Gasteiger partial charge in [0.05, 0.1) is 18.3 Å². The molecule has 4 rings (SSSR count). The number of benzene rings is 1. The second kappa shape index (κ2) is 6.76. The fourth-order valence-corrected chi connectivity index (χ4v) is 3.57. The molecule has 0 saturated heterocycles. The van der Waals surface area contributed by atoms with Crippen LogP contribution in [0.25, 0.3) is 11.3 Å². The molecule has 1 aliphatic heterocycles. The number of fused-ring (bicyclic) bond motifs is 1. The van der Waals surface area contributed by atoms with Gasteiger partial charge in [-0.2, -0.15) is 5.10 Å². The van der Waals surface area contributed by atoms with E-state index in [-0.39, 0.29) is 24.5 Å². The first kappa shape index (κ1) is 17.1. The molecular formula is C19H20ClN3O3. The van der Waals surface area contributed by atoms with Crippen molar-refractivity contribution < 1.29 is 14.3 Å². The first-order valence-electron chi connectivity index (χ1n) is 8.87. The largest absolute Gasteiger partial charge is 0.465 e. The molecule has 7 heteroatoms. The molecule has 6 nitrogen and oxygen atoms in total. The number of carbonyl (C=O) groups is 2. The van der Waals surface area contributed by atoms with Crippen LogP contribution in [-0.2, 0) is 9.53 Å². The average Bonchev–Trinajstić information content (AvgIpc) is 3.36. The average molecular weight is 374 g/mol. The first-order chi connectivity index (χ1) is 12.6. The predicted molar refractivity (Wildman–Crippen MR) is 97.0 cm³/mol. The Bertz CT molecular complexity index is 842. The summed E-state index contributed by atoms with van der Waals surface area (Å²) in [5.74, 6) is -0.0477. The van der Waals surface area contributed by atoms with Gasteiger partial charge in [0.2, 0.25) is 0 Å². The maximum absolute atomic E-state index is 12.9. The van der Waals surface area contributed by atoms with Crippen molar-refractivity contribution in [2.24, 2.45) is 5.92 Å². The number of halogens is 1. The van der Waals surface area contributed by atoms with Gasteiger partial charge in [-0.25, -0.2) is 0 Å². The van der Waals surface area contributed by atoms with Crippen LogP contribution in [0.1, 0.15) is 36.3 Å². The van der Waals surface area contributed by atoms with Crippen LogP contribution in [0, 0.1) is 5.92 Å². The van der Waals surface area contributed by atoms with Crippen LogP contribution >= 0.6 is 11.6 Å². The number of carbonyl (C=O) groups excluding carboxylic acids is 2. The number of hydrogen-bond acceptors (Lipinski definition) is 4. The Morgan fingerprint density at radius 2 is 2.04 bits per heavy atom. The molecular weight excluding hydrogens is 354 g/mol. The summed E-state index contributed by atoms with van der Waals surface area (Å²) in [5, 5.41) is 5.36. The lowest BCUT2D eigenvalue weighted by Gasteiger charge is -2.33. The fraction of sp³-hybridized carbons (Fsp3) is 0.421. The van der Waals surface area contributed by atoms with Crippen LogP contribution in [0.5, 0.6) is 0 Å². The van der Waals surface area contributed by atoms with Crippen molar-refractivity contribution in [1.29, 1.82) is 0 Å². The Hall–Kier alpha value is -2.34. The molecule has 1 atom stereocenters. The van der Waals surface area contributed by atoms with E-state index in [1.54, 1.807) is 17.9 Å². The highest BCUT2D eigenvalue weighted by molar-refractivity contribution is 6.30. The summed E-state index contributed by atoms with van der Waals surface area (Å²) >= 11 is 5.96. The number of aromatic nitrogens is 2. The summed E-state index contributed by atoms with van der Waals surface area (Å²) in [6.45, 7) is 2.55. The van der Waals surface area contributed by atoms with E-state index in [1.165, 1.54) is 0 Å². The lowest BCUT2D eigenvalue weighted by atomic mass is 10.1. The SMILES string of the molecule is CCOC(=O)CN1CC(C2CC2)n2nc(-c3ccc(Cl)cc3)cc2C1=O. The van der Waals surface area contributed by atoms with E-state index in [9.17, 15) is 9.59 Å². The highest BCUT2D eigenvalue weighted by Crippen LogP contribution is 2.42. The van der Waals surface area contributed by atoms with Gasteiger partial charge in [-0.05, 0) is 43.9 Å². The minimum Gasteiger partial charge on any atom is -0.465 e. The van der Waals surface area contributed by atoms with Crippen molar-refractivity contribution in [3.8, 4) is 11.3 Å². The molecule has 136 valence electrons. The molecule has 1 aliphatic carbocycles. The molecule has 1 saturated carbocycles. The zero-order valence-electron chi connectivity index (χ0n) is 14.5. The van der Waals surface area contributed by atoms with Crippen LogP contribution in [0.4, 0.5) is 0 Å². The van der Waals surface area contributed by atoms with E-state index in [0.717, 1.165) is 24.1 Å². The summed E-state index contributed by atoms with van der Waals surface area (Å²) in [4.78, 5) is 26.3. The molecule has 1 unspecified atom stereocenters. The third-order valence-corrected chi connectivity index (χ3v) is 5.15. The Morgan fingerprint density at radius 1 is 1.31 bits per heavy atom. The van der Waals surface area contributed by atoms with Crippen molar-refractivity contribution >= 4 is 23.5 Å². The summed E-state index contributed by atoms with van der Waals surface area (Å²) in [5.41, 5.74) is 2.19. The van der Waals surface area contributed by atoms with Gasteiger partial charge in [-0.1, -0.05) is 23.7 Å². The van der Waals surface area contributed by atoms with Gasteiger partial charge in [-0.15, -0.1) is 0 Å². The quantitative estimate of drug-likeness (QED) is 0.755. The van der Waals surface area contributed by atoms with Gasteiger partial charge in [0.15, 0.2) is 0 Å². The Balaban J connectivity index is 1.66. The first-order valence-corrected chi connectivity index (χ1v) is 9.25. The minimum atomic E-state index is -0.374. The third-order valence-electron chi connectivity index (χ3n) is 4.90. The number of nitrogens with zero attached hydrogens (tertiary/aromatic N) is 3. The van der Waals surface area contributed by atoms with Crippen LogP contribution in [0.3, 0.4) is 0 Å². The van der Waals surface area contributed by atoms with Crippen molar-refractivity contribution in [1.82, 2.24) is 14.7 Å². The van der Waals surface area contributed by atoms with E-state index in [2.05, 4.69) is 0 Å². The summed E-state index contributed by atoms with van der Waals surface area (Å²) in [7, 11) is 0. The van der Waals surface area contributed by atoms with Gasteiger partial charge >= 0.3 is 5.97 Å². The summed E-state index contributed by atoms with van der Waals surface area (Å²) in [6.07, 6.45) is 2.25. The van der Waals surface area contributed by atoms with Crippen LogP contribution < -0.4 is 0 Å². The van der Waals surface area contributed by atoms with Crippen molar-refractivity contribution in [2.45, 2.75) is 25.8 Å². The number of hydrogen-bond donors (Lipinski definition) is 0. The van der Waals surface area contributed by atoms with Gasteiger partial charge < -0.3 is 9.64 Å². The molecule has 2 aliphatic rings. The maximum atomic E-state index is 12.9. The summed E-state index contributed by atoms with van der Waals surface area (Å²) in [6, 6.07) is 9.31. The highest BCUT2D eigenvalue weighted by Gasteiger charge is 2.41. The maximum Gasteiger partial charge on any atom is 0.325 e. The molecule has 26 heavy (non-hydrogen) atoms. The number of rotatable bonds is 5. The van der Waals surface area contributed by atoms with E-state index in [0.29, 0.717) is 29.8 Å². The smallest absolute Gasteiger partial charge is 0.325 e. The second-order valence-corrected chi connectivity index (χ2v) is 7.20. The second-order valence-electron chi connectivity index (χ2n) is 6.76. The molecule has 0 N–H and O–H groups in total. The molecule has 1 aromatic heterocycles. The number of ether oxygens (including phenoxy) is 1. The zero-order chi connectivity index (χ0) is 18.3. The lowest BCUT2D eigenvalue weighted by Crippen LogP contribution is -2.46. The fourth-order valence-electron chi connectivity index (χ4n) is 3.45. The molecule has 2 aromatic rings. The van der Waals surface area contributed by atoms with Crippen molar-refractivity contribution in [3.63, 3.8) is 0 Å². The monoisotopic (exact) mass is 373 g/mol. The topological polar surface area (TPSA) is 64.4 Å². The van der Waals surface area contributed by atoms with Crippen molar-refractivity contribution in [2.75, 3.05) is 19.7 Å².